The van der Waals surface area contributed by atoms with Gasteiger partial charge in [0.2, 0.25) is 5.91 Å². The highest BCUT2D eigenvalue weighted by Gasteiger charge is 2.29. The summed E-state index contributed by atoms with van der Waals surface area (Å²) < 4.78 is 5.53. The number of aliphatic hydroxyl groups is 2. The van der Waals surface area contributed by atoms with Gasteiger partial charge in [-0.25, -0.2) is 4.79 Å². The standard InChI is InChI=1S/C14H15I3N2O7/c1-26-4-6(22)19-12-10(16)7(13(23)18-5(2-20)3-21)9(15)8(11(12)17)14(24)25/h5,20-21H,2-4H2,1H3,(H,18,23)(H,19,22)(H,24,25). The first kappa shape index (κ1) is 23.7. The number of halogens is 3. The first-order valence-corrected chi connectivity index (χ1v) is 10.2. The summed E-state index contributed by atoms with van der Waals surface area (Å²) in [5, 5.41) is 32.8. The SMILES string of the molecule is COCC(=O)Nc1c(I)c(C(=O)O)c(I)c(C(=O)NC(CO)CO)c1I. The first-order valence-electron chi connectivity index (χ1n) is 6.94. The number of ether oxygens (including phenoxy) is 1. The van der Waals surface area contributed by atoms with E-state index in [-0.39, 0.29) is 30.6 Å². The molecule has 0 radical (unpaired) electrons. The van der Waals surface area contributed by atoms with Crippen LogP contribution in [0, 0.1) is 10.7 Å². The number of carboxylic acid groups (broad SMARTS) is 1. The van der Waals surface area contributed by atoms with Gasteiger partial charge in [0.15, 0.2) is 0 Å². The molecule has 1 rings (SSSR count). The zero-order valence-electron chi connectivity index (χ0n) is 13.3. The summed E-state index contributed by atoms with van der Waals surface area (Å²) in [6, 6.07) is -0.895. The predicted octanol–water partition coefficient (Wildman–Crippen LogP) is 0.867. The summed E-state index contributed by atoms with van der Waals surface area (Å²) in [6.07, 6.45) is 0. The summed E-state index contributed by atoms with van der Waals surface area (Å²) >= 11 is 5.38. The van der Waals surface area contributed by atoms with Crippen molar-refractivity contribution >= 4 is 91.2 Å². The molecule has 0 unspecified atom stereocenters. The van der Waals surface area contributed by atoms with Crippen LogP contribution in [0.4, 0.5) is 5.69 Å². The molecule has 0 saturated carbocycles. The van der Waals surface area contributed by atoms with Crippen molar-refractivity contribution in [2.24, 2.45) is 0 Å². The molecule has 0 atom stereocenters. The number of carbonyl (C=O) groups is 3. The van der Waals surface area contributed by atoms with Crippen molar-refractivity contribution < 1.29 is 34.4 Å². The smallest absolute Gasteiger partial charge is 0.337 e. The molecule has 0 heterocycles. The van der Waals surface area contributed by atoms with Crippen LogP contribution in [0.2, 0.25) is 0 Å². The number of carbonyl (C=O) groups excluding carboxylic acids is 2. The van der Waals surface area contributed by atoms with E-state index in [4.69, 9.17) is 14.9 Å². The van der Waals surface area contributed by atoms with Crippen molar-refractivity contribution in [2.75, 3.05) is 32.2 Å². The van der Waals surface area contributed by atoms with Crippen LogP contribution in [-0.2, 0) is 9.53 Å². The van der Waals surface area contributed by atoms with Crippen molar-refractivity contribution in [1.82, 2.24) is 5.32 Å². The number of nitrogens with one attached hydrogen (secondary N) is 2. The van der Waals surface area contributed by atoms with Gasteiger partial charge in [0.1, 0.15) is 6.61 Å². The summed E-state index contributed by atoms with van der Waals surface area (Å²) in [7, 11) is 1.34. The van der Waals surface area contributed by atoms with E-state index in [0.29, 0.717) is 3.57 Å². The van der Waals surface area contributed by atoms with Gasteiger partial charge < -0.3 is 30.7 Å². The highest BCUT2D eigenvalue weighted by Crippen LogP contribution is 2.35. The Bertz CT molecular complexity index is 723. The molecule has 0 bridgehead atoms. The Kier molecular flexibility index (Phi) is 9.94. The van der Waals surface area contributed by atoms with Gasteiger partial charge in [0.25, 0.3) is 5.91 Å². The number of rotatable bonds is 8. The Morgan fingerprint density at radius 3 is 2.04 bits per heavy atom. The fourth-order valence-corrected chi connectivity index (χ4v) is 6.26. The van der Waals surface area contributed by atoms with Crippen LogP contribution < -0.4 is 10.6 Å². The second kappa shape index (κ2) is 10.9. The van der Waals surface area contributed by atoms with Gasteiger partial charge >= 0.3 is 5.97 Å². The van der Waals surface area contributed by atoms with Gasteiger partial charge in [0.05, 0.1) is 43.2 Å². The Labute approximate surface area is 189 Å². The molecule has 26 heavy (non-hydrogen) atoms. The molecule has 0 spiro atoms. The molecule has 0 aliphatic heterocycles. The zero-order chi connectivity index (χ0) is 20.0. The zero-order valence-corrected chi connectivity index (χ0v) is 19.8. The van der Waals surface area contributed by atoms with Crippen molar-refractivity contribution in [3.05, 3.63) is 21.8 Å². The van der Waals surface area contributed by atoms with Crippen LogP contribution in [-0.4, -0.2) is 66.1 Å². The van der Waals surface area contributed by atoms with Crippen LogP contribution in [0.3, 0.4) is 0 Å². The van der Waals surface area contributed by atoms with Crippen molar-refractivity contribution in [2.45, 2.75) is 6.04 Å². The van der Waals surface area contributed by atoms with E-state index in [1.54, 1.807) is 45.2 Å². The van der Waals surface area contributed by atoms with E-state index >= 15 is 0 Å². The maximum absolute atomic E-state index is 12.6. The summed E-state index contributed by atoms with van der Waals surface area (Å²) in [5.41, 5.74) is 0.0819. The van der Waals surface area contributed by atoms with E-state index in [1.165, 1.54) is 7.11 Å². The molecule has 2 amide bonds. The molecule has 1 aromatic rings. The van der Waals surface area contributed by atoms with E-state index < -0.39 is 37.0 Å². The molecule has 5 N–H and O–H groups in total. The van der Waals surface area contributed by atoms with Crippen LogP contribution in [0.5, 0.6) is 0 Å². The van der Waals surface area contributed by atoms with Gasteiger partial charge in [-0.3, -0.25) is 9.59 Å². The summed E-state index contributed by atoms with van der Waals surface area (Å²) in [4.78, 5) is 36.1. The van der Waals surface area contributed by atoms with Gasteiger partial charge in [0, 0.05) is 10.7 Å². The van der Waals surface area contributed by atoms with E-state index in [9.17, 15) is 19.5 Å². The Morgan fingerprint density at radius 1 is 1.04 bits per heavy atom. The minimum atomic E-state index is -1.26. The van der Waals surface area contributed by atoms with Crippen molar-refractivity contribution in [3.63, 3.8) is 0 Å². The Morgan fingerprint density at radius 2 is 1.58 bits per heavy atom. The molecular formula is C14H15I3N2O7. The number of hydrogen-bond acceptors (Lipinski definition) is 6. The fourth-order valence-electron chi connectivity index (χ4n) is 1.87. The monoisotopic (exact) mass is 704 g/mol. The van der Waals surface area contributed by atoms with Gasteiger partial charge in [-0.05, 0) is 67.8 Å². The molecule has 0 aliphatic carbocycles. The molecule has 144 valence electrons. The van der Waals surface area contributed by atoms with Crippen LogP contribution in [0.25, 0.3) is 0 Å². The van der Waals surface area contributed by atoms with E-state index in [2.05, 4.69) is 10.6 Å². The van der Waals surface area contributed by atoms with Crippen LogP contribution >= 0.6 is 67.8 Å². The normalized spacial score (nSPS) is 10.7. The average molecular weight is 704 g/mol. The third kappa shape index (κ3) is 5.60. The predicted molar refractivity (Wildman–Crippen MR) is 117 cm³/mol. The number of amides is 2. The molecular weight excluding hydrogens is 689 g/mol. The lowest BCUT2D eigenvalue weighted by molar-refractivity contribution is -0.119. The quantitative estimate of drug-likeness (QED) is 0.253. The number of aliphatic hydroxyl groups excluding tert-OH is 2. The highest BCUT2D eigenvalue weighted by atomic mass is 127. The molecule has 9 nitrogen and oxygen atoms in total. The number of carboxylic acids is 1. The second-order valence-corrected chi connectivity index (χ2v) is 8.13. The lowest BCUT2D eigenvalue weighted by Gasteiger charge is -2.20. The number of anilines is 1. The summed E-state index contributed by atoms with van der Waals surface area (Å²) in [5.74, 6) is -2.43. The lowest BCUT2D eigenvalue weighted by atomic mass is 10.1. The Hall–Kier alpha value is -0.300. The largest absolute Gasteiger partial charge is 0.478 e. The second-order valence-electron chi connectivity index (χ2n) is 4.89. The van der Waals surface area contributed by atoms with Crippen molar-refractivity contribution in [3.8, 4) is 0 Å². The molecule has 0 aromatic heterocycles. The minimum absolute atomic E-state index is 0.0311. The molecule has 0 aliphatic rings. The number of hydrogen-bond donors (Lipinski definition) is 5. The fraction of sp³-hybridized carbons (Fsp3) is 0.357. The molecule has 0 saturated heterocycles. The minimum Gasteiger partial charge on any atom is -0.478 e. The third-order valence-corrected chi connectivity index (χ3v) is 6.31. The third-order valence-electron chi connectivity index (χ3n) is 3.07. The van der Waals surface area contributed by atoms with Gasteiger partial charge in [-0.1, -0.05) is 0 Å². The lowest BCUT2D eigenvalue weighted by Crippen LogP contribution is -2.41. The van der Waals surface area contributed by atoms with Gasteiger partial charge in [-0.2, -0.15) is 0 Å². The molecule has 0 fully saturated rings. The summed E-state index contributed by atoms with van der Waals surface area (Å²) in [6.45, 7) is -1.20. The average Bonchev–Trinajstić information content (AvgIpc) is 2.56. The van der Waals surface area contributed by atoms with E-state index in [1.807, 2.05) is 22.6 Å². The topological polar surface area (TPSA) is 145 Å². The molecule has 12 heteroatoms. The maximum Gasteiger partial charge on any atom is 0.337 e. The maximum atomic E-state index is 12.6. The highest BCUT2D eigenvalue weighted by molar-refractivity contribution is 14.1. The first-order chi connectivity index (χ1) is 12.2. The molecule has 1 aromatic carbocycles. The van der Waals surface area contributed by atoms with E-state index in [0.717, 1.165) is 0 Å². The number of aromatic carboxylic acids is 1. The Balaban J connectivity index is 3.54. The van der Waals surface area contributed by atoms with Crippen molar-refractivity contribution in [1.29, 1.82) is 0 Å². The van der Waals surface area contributed by atoms with Crippen LogP contribution in [0.1, 0.15) is 20.7 Å². The van der Waals surface area contributed by atoms with Gasteiger partial charge in [-0.15, -0.1) is 0 Å². The number of methoxy groups -OCH3 is 1. The van der Waals surface area contributed by atoms with Crippen LogP contribution in [0.15, 0.2) is 0 Å². The number of benzene rings is 1.